The van der Waals surface area contributed by atoms with Crippen LogP contribution in [0.3, 0.4) is 0 Å². The van der Waals surface area contributed by atoms with Crippen LogP contribution in [0.4, 0.5) is 17.3 Å². The number of fused-ring (bicyclic) bond motifs is 3. The molecule has 0 aliphatic carbocycles. The van der Waals surface area contributed by atoms with Gasteiger partial charge in [0.1, 0.15) is 0 Å². The van der Waals surface area contributed by atoms with Crippen molar-refractivity contribution in [3.8, 4) is 11.3 Å². The SMILES string of the molecule is CN(Cc1ccsc1)C(=O)c1ccc(Nc2ncc3c(n2)-c2ccc(Cl)cc2NC(=O)C3)cc1. The zero-order valence-electron chi connectivity index (χ0n) is 18.2. The molecule has 0 saturated heterocycles. The molecule has 5 rings (SSSR count). The number of aromatic nitrogens is 2. The number of hydrogen-bond acceptors (Lipinski definition) is 6. The molecule has 34 heavy (non-hydrogen) atoms. The van der Waals surface area contributed by atoms with Crippen molar-refractivity contribution in [3.63, 3.8) is 0 Å². The van der Waals surface area contributed by atoms with E-state index < -0.39 is 0 Å². The molecule has 7 nitrogen and oxygen atoms in total. The van der Waals surface area contributed by atoms with E-state index in [9.17, 15) is 9.59 Å². The Morgan fingerprint density at radius 2 is 2.03 bits per heavy atom. The molecule has 0 radical (unpaired) electrons. The van der Waals surface area contributed by atoms with Crippen LogP contribution in [0.25, 0.3) is 11.3 Å². The number of benzene rings is 2. The predicted octanol–water partition coefficient (Wildman–Crippen LogP) is 5.37. The molecule has 3 heterocycles. The maximum Gasteiger partial charge on any atom is 0.253 e. The Balaban J connectivity index is 1.35. The van der Waals surface area contributed by atoms with E-state index in [4.69, 9.17) is 11.6 Å². The summed E-state index contributed by atoms with van der Waals surface area (Å²) in [5.41, 5.74) is 5.27. The molecular formula is C25H20ClN5O2S. The minimum atomic E-state index is -0.143. The maximum atomic E-state index is 12.7. The van der Waals surface area contributed by atoms with E-state index in [-0.39, 0.29) is 18.2 Å². The molecular weight excluding hydrogens is 470 g/mol. The van der Waals surface area contributed by atoms with Gasteiger partial charge < -0.3 is 15.5 Å². The van der Waals surface area contributed by atoms with E-state index in [0.717, 1.165) is 22.4 Å². The Morgan fingerprint density at radius 3 is 2.79 bits per heavy atom. The second kappa shape index (κ2) is 9.24. The van der Waals surface area contributed by atoms with Crippen molar-refractivity contribution in [2.24, 2.45) is 0 Å². The lowest BCUT2D eigenvalue weighted by molar-refractivity contribution is -0.115. The number of amides is 2. The minimum Gasteiger partial charge on any atom is -0.337 e. The highest BCUT2D eigenvalue weighted by molar-refractivity contribution is 7.07. The Labute approximate surface area is 205 Å². The molecule has 1 aliphatic rings. The minimum absolute atomic E-state index is 0.0496. The summed E-state index contributed by atoms with van der Waals surface area (Å²) in [6.07, 6.45) is 1.84. The van der Waals surface area contributed by atoms with E-state index in [0.29, 0.717) is 34.5 Å². The van der Waals surface area contributed by atoms with Crippen molar-refractivity contribution in [1.82, 2.24) is 14.9 Å². The fourth-order valence-corrected chi connectivity index (χ4v) is 4.63. The monoisotopic (exact) mass is 489 g/mol. The first-order chi connectivity index (χ1) is 16.5. The van der Waals surface area contributed by atoms with Crippen LogP contribution in [0.1, 0.15) is 21.5 Å². The number of rotatable bonds is 5. The molecule has 0 bridgehead atoms. The second-order valence-corrected chi connectivity index (χ2v) is 9.19. The zero-order chi connectivity index (χ0) is 23.7. The largest absolute Gasteiger partial charge is 0.337 e. The standard InChI is InChI=1S/C25H20ClN5O2S/c1-31(13-15-8-9-34-14-15)24(33)16-2-5-19(6-3-16)28-25-27-12-17-10-22(32)29-21-11-18(26)4-7-20(21)23(17)30-25/h2-9,11-12,14H,10,13H2,1H3,(H,29,32)(H,27,28,30). The normalized spacial score (nSPS) is 12.2. The molecule has 0 unspecified atom stereocenters. The summed E-state index contributed by atoms with van der Waals surface area (Å²) in [6, 6.07) is 14.5. The average Bonchev–Trinajstić information content (AvgIpc) is 3.28. The molecule has 0 saturated carbocycles. The van der Waals surface area contributed by atoms with Crippen molar-refractivity contribution in [1.29, 1.82) is 0 Å². The summed E-state index contributed by atoms with van der Waals surface area (Å²) in [5, 5.41) is 10.6. The number of carbonyl (C=O) groups excluding carboxylic acids is 2. The van der Waals surface area contributed by atoms with Gasteiger partial charge in [-0.15, -0.1) is 0 Å². The number of thiophene rings is 1. The van der Waals surface area contributed by atoms with Gasteiger partial charge in [0.2, 0.25) is 11.9 Å². The number of nitrogens with one attached hydrogen (secondary N) is 2. The molecule has 1 aliphatic heterocycles. The van der Waals surface area contributed by atoms with Crippen LogP contribution < -0.4 is 10.6 Å². The van der Waals surface area contributed by atoms with Gasteiger partial charge in [0, 0.05) is 47.2 Å². The summed E-state index contributed by atoms with van der Waals surface area (Å²) in [7, 11) is 1.79. The van der Waals surface area contributed by atoms with Crippen molar-refractivity contribution >= 4 is 52.1 Å². The highest BCUT2D eigenvalue weighted by atomic mass is 35.5. The Kier molecular flexibility index (Phi) is 6.00. The fraction of sp³-hybridized carbons (Fsp3) is 0.120. The van der Waals surface area contributed by atoms with Crippen molar-refractivity contribution in [3.05, 3.63) is 87.2 Å². The van der Waals surface area contributed by atoms with Crippen LogP contribution in [0, 0.1) is 0 Å². The van der Waals surface area contributed by atoms with Gasteiger partial charge in [-0.2, -0.15) is 11.3 Å². The molecule has 2 aromatic heterocycles. The molecule has 0 atom stereocenters. The zero-order valence-corrected chi connectivity index (χ0v) is 19.8. The van der Waals surface area contributed by atoms with Crippen LogP contribution in [0.5, 0.6) is 0 Å². The second-order valence-electron chi connectivity index (χ2n) is 7.98. The van der Waals surface area contributed by atoms with Gasteiger partial charge in [-0.25, -0.2) is 9.97 Å². The first-order valence-electron chi connectivity index (χ1n) is 10.6. The highest BCUT2D eigenvalue weighted by Crippen LogP contribution is 2.34. The van der Waals surface area contributed by atoms with Crippen LogP contribution in [-0.2, 0) is 17.8 Å². The first kappa shape index (κ1) is 22.1. The summed E-state index contributed by atoms with van der Waals surface area (Å²) in [5.74, 6) is 0.199. The Bertz CT molecular complexity index is 1370. The molecule has 4 aromatic rings. The predicted molar refractivity (Wildman–Crippen MR) is 135 cm³/mol. The smallest absolute Gasteiger partial charge is 0.253 e. The summed E-state index contributed by atoms with van der Waals surface area (Å²) < 4.78 is 0. The molecule has 2 N–H and O–H groups in total. The highest BCUT2D eigenvalue weighted by Gasteiger charge is 2.21. The molecule has 0 fully saturated rings. The molecule has 2 aromatic carbocycles. The van der Waals surface area contributed by atoms with Crippen molar-refractivity contribution in [2.45, 2.75) is 13.0 Å². The van der Waals surface area contributed by atoms with Gasteiger partial charge in [-0.05, 0) is 64.9 Å². The summed E-state index contributed by atoms with van der Waals surface area (Å²) >= 11 is 7.72. The third-order valence-electron chi connectivity index (χ3n) is 5.46. The number of hydrogen-bond donors (Lipinski definition) is 2. The lowest BCUT2D eigenvalue weighted by Gasteiger charge is -2.17. The molecule has 2 amide bonds. The lowest BCUT2D eigenvalue weighted by Crippen LogP contribution is -2.25. The summed E-state index contributed by atoms with van der Waals surface area (Å²) in [6.45, 7) is 0.565. The van der Waals surface area contributed by atoms with E-state index in [1.54, 1.807) is 53.7 Å². The van der Waals surface area contributed by atoms with Gasteiger partial charge in [-0.3, -0.25) is 9.59 Å². The fourth-order valence-electron chi connectivity index (χ4n) is 3.80. The van der Waals surface area contributed by atoms with Gasteiger partial charge in [0.15, 0.2) is 0 Å². The van der Waals surface area contributed by atoms with E-state index in [1.165, 1.54) is 0 Å². The van der Waals surface area contributed by atoms with Crippen LogP contribution in [-0.4, -0.2) is 33.7 Å². The number of anilines is 3. The Morgan fingerprint density at radius 1 is 1.21 bits per heavy atom. The van der Waals surface area contributed by atoms with E-state index >= 15 is 0 Å². The molecule has 0 spiro atoms. The lowest BCUT2D eigenvalue weighted by atomic mass is 10.1. The topological polar surface area (TPSA) is 87.2 Å². The third-order valence-corrected chi connectivity index (χ3v) is 6.43. The van der Waals surface area contributed by atoms with Gasteiger partial charge >= 0.3 is 0 Å². The van der Waals surface area contributed by atoms with Crippen LogP contribution in [0.2, 0.25) is 5.02 Å². The van der Waals surface area contributed by atoms with E-state index in [2.05, 4.69) is 20.6 Å². The summed E-state index contributed by atoms with van der Waals surface area (Å²) in [4.78, 5) is 35.7. The third kappa shape index (κ3) is 4.64. The van der Waals surface area contributed by atoms with Gasteiger partial charge in [0.05, 0.1) is 17.8 Å². The van der Waals surface area contributed by atoms with Gasteiger partial charge in [-0.1, -0.05) is 11.6 Å². The van der Waals surface area contributed by atoms with Gasteiger partial charge in [0.25, 0.3) is 5.91 Å². The maximum absolute atomic E-state index is 12.7. The van der Waals surface area contributed by atoms with Crippen LogP contribution in [0.15, 0.2) is 65.5 Å². The van der Waals surface area contributed by atoms with Crippen molar-refractivity contribution in [2.75, 3.05) is 17.7 Å². The quantitative estimate of drug-likeness (QED) is 0.393. The molecule has 170 valence electrons. The number of carbonyl (C=O) groups is 2. The average molecular weight is 490 g/mol. The van der Waals surface area contributed by atoms with E-state index in [1.807, 2.05) is 35.0 Å². The van der Waals surface area contributed by atoms with Crippen LogP contribution >= 0.6 is 22.9 Å². The molecule has 9 heteroatoms. The number of nitrogens with zero attached hydrogens (tertiary/aromatic N) is 3. The van der Waals surface area contributed by atoms with Crippen molar-refractivity contribution < 1.29 is 9.59 Å². The number of halogens is 1. The first-order valence-corrected chi connectivity index (χ1v) is 11.9. The Hall–Kier alpha value is -3.75.